The molecule has 19 heavy (non-hydrogen) atoms. The molecule has 1 rings (SSSR count). The summed E-state index contributed by atoms with van der Waals surface area (Å²) in [4.78, 5) is 11.9. The first kappa shape index (κ1) is 15.3. The summed E-state index contributed by atoms with van der Waals surface area (Å²) >= 11 is 0. The number of benzene rings is 1. The van der Waals surface area contributed by atoms with E-state index in [-0.39, 0.29) is 5.97 Å². The lowest BCUT2D eigenvalue weighted by atomic mass is 10.1. The Morgan fingerprint density at radius 2 is 1.84 bits per heavy atom. The summed E-state index contributed by atoms with van der Waals surface area (Å²) in [6.07, 6.45) is 5.61. The highest BCUT2D eigenvalue weighted by Crippen LogP contribution is 2.23. The molecule has 0 saturated carbocycles. The molecule has 4 nitrogen and oxygen atoms in total. The zero-order chi connectivity index (χ0) is 14.3. The van der Waals surface area contributed by atoms with Crippen LogP contribution in [-0.4, -0.2) is 12.6 Å². The Bertz CT molecular complexity index is 430. The number of nitrogens with two attached hydrogens (primary N) is 2. The smallest absolute Gasteiger partial charge is 0.340 e. The van der Waals surface area contributed by atoms with Crippen LogP contribution in [-0.2, 0) is 4.74 Å². The number of aryl methyl sites for hydroxylation is 1. The molecule has 0 aliphatic heterocycles. The quantitative estimate of drug-likeness (QED) is 0.450. The van der Waals surface area contributed by atoms with Crippen molar-refractivity contribution in [2.45, 2.75) is 46.0 Å². The summed E-state index contributed by atoms with van der Waals surface area (Å²) in [6.45, 7) is 4.48. The van der Waals surface area contributed by atoms with Gasteiger partial charge in [0.05, 0.1) is 23.5 Å². The number of anilines is 2. The third-order valence-corrected chi connectivity index (χ3v) is 3.06. The molecule has 0 saturated heterocycles. The van der Waals surface area contributed by atoms with Crippen LogP contribution in [0.4, 0.5) is 11.4 Å². The minimum Gasteiger partial charge on any atom is -0.462 e. The zero-order valence-electron chi connectivity index (χ0n) is 11.9. The molecular formula is C15H24N2O2. The van der Waals surface area contributed by atoms with Gasteiger partial charge >= 0.3 is 5.97 Å². The molecule has 0 fully saturated rings. The second-order valence-corrected chi connectivity index (χ2v) is 4.87. The fourth-order valence-electron chi connectivity index (χ4n) is 1.94. The molecule has 0 amide bonds. The van der Waals surface area contributed by atoms with Gasteiger partial charge in [0.2, 0.25) is 0 Å². The average molecular weight is 264 g/mol. The van der Waals surface area contributed by atoms with Crippen LogP contribution in [0.3, 0.4) is 0 Å². The maximum atomic E-state index is 11.9. The van der Waals surface area contributed by atoms with Crippen LogP contribution in [0.15, 0.2) is 12.1 Å². The van der Waals surface area contributed by atoms with Crippen molar-refractivity contribution in [3.8, 4) is 0 Å². The Labute approximate surface area is 115 Å². The van der Waals surface area contributed by atoms with Crippen molar-refractivity contribution >= 4 is 17.3 Å². The van der Waals surface area contributed by atoms with Gasteiger partial charge in [-0.05, 0) is 31.0 Å². The Morgan fingerprint density at radius 3 is 2.53 bits per heavy atom. The number of carbonyl (C=O) groups excluding carboxylic acids is 1. The summed E-state index contributed by atoms with van der Waals surface area (Å²) < 4.78 is 5.22. The third-order valence-electron chi connectivity index (χ3n) is 3.06. The predicted octanol–water partition coefficient (Wildman–Crippen LogP) is 3.29. The number of ether oxygens (including phenoxy) is 1. The number of hydrogen-bond acceptors (Lipinski definition) is 4. The molecule has 0 spiro atoms. The van der Waals surface area contributed by atoms with Crippen LogP contribution < -0.4 is 11.5 Å². The van der Waals surface area contributed by atoms with Crippen molar-refractivity contribution in [3.63, 3.8) is 0 Å². The molecule has 0 aliphatic rings. The van der Waals surface area contributed by atoms with E-state index < -0.39 is 0 Å². The molecule has 0 aliphatic carbocycles. The highest BCUT2D eigenvalue weighted by molar-refractivity contribution is 5.98. The molecule has 0 radical (unpaired) electrons. The van der Waals surface area contributed by atoms with Crippen LogP contribution in [0, 0.1) is 6.92 Å². The largest absolute Gasteiger partial charge is 0.462 e. The number of carbonyl (C=O) groups is 1. The second kappa shape index (κ2) is 7.67. The lowest BCUT2D eigenvalue weighted by Gasteiger charge is -2.10. The Balaban J connectivity index is 2.46. The van der Waals surface area contributed by atoms with Gasteiger partial charge in [-0.2, -0.15) is 0 Å². The van der Waals surface area contributed by atoms with E-state index in [0.29, 0.717) is 23.5 Å². The van der Waals surface area contributed by atoms with Crippen LogP contribution in [0.5, 0.6) is 0 Å². The van der Waals surface area contributed by atoms with Crippen molar-refractivity contribution in [2.24, 2.45) is 0 Å². The fourth-order valence-corrected chi connectivity index (χ4v) is 1.94. The number of unbranched alkanes of at least 4 members (excludes halogenated alkanes) is 4. The average Bonchev–Trinajstić information content (AvgIpc) is 2.37. The van der Waals surface area contributed by atoms with Gasteiger partial charge in [-0.1, -0.05) is 32.6 Å². The maximum absolute atomic E-state index is 11.9. The molecule has 0 unspecified atom stereocenters. The van der Waals surface area contributed by atoms with Gasteiger partial charge in [0, 0.05) is 0 Å². The molecule has 4 N–H and O–H groups in total. The van der Waals surface area contributed by atoms with E-state index in [4.69, 9.17) is 16.2 Å². The van der Waals surface area contributed by atoms with Crippen molar-refractivity contribution < 1.29 is 9.53 Å². The minimum atomic E-state index is -0.386. The van der Waals surface area contributed by atoms with Crippen LogP contribution in [0.25, 0.3) is 0 Å². The third kappa shape index (κ3) is 4.81. The lowest BCUT2D eigenvalue weighted by molar-refractivity contribution is 0.0499. The molecule has 1 aromatic carbocycles. The molecule has 0 bridgehead atoms. The van der Waals surface area contributed by atoms with Gasteiger partial charge < -0.3 is 16.2 Å². The van der Waals surface area contributed by atoms with Gasteiger partial charge in [0.1, 0.15) is 0 Å². The standard InChI is InChI=1S/C15H24N2O2/c1-3-4-5-6-7-8-19-15(18)12-9-11(2)10-13(16)14(12)17/h9-10H,3-8,16-17H2,1-2H3. The summed E-state index contributed by atoms with van der Waals surface area (Å²) in [6, 6.07) is 3.46. The van der Waals surface area contributed by atoms with Gasteiger partial charge in [-0.3, -0.25) is 0 Å². The minimum absolute atomic E-state index is 0.307. The molecule has 1 aromatic rings. The topological polar surface area (TPSA) is 78.3 Å². The van der Waals surface area contributed by atoms with E-state index in [2.05, 4.69) is 6.92 Å². The van der Waals surface area contributed by atoms with Crippen LogP contribution in [0.1, 0.15) is 54.9 Å². The van der Waals surface area contributed by atoms with Gasteiger partial charge in [0.15, 0.2) is 0 Å². The van der Waals surface area contributed by atoms with Crippen molar-refractivity contribution in [1.29, 1.82) is 0 Å². The second-order valence-electron chi connectivity index (χ2n) is 4.87. The summed E-state index contributed by atoms with van der Waals surface area (Å²) in [5.41, 5.74) is 13.5. The first-order valence-electron chi connectivity index (χ1n) is 6.89. The first-order valence-corrected chi connectivity index (χ1v) is 6.89. The Kier molecular flexibility index (Phi) is 6.19. The summed E-state index contributed by atoms with van der Waals surface area (Å²) in [5.74, 6) is -0.386. The number of nitrogen functional groups attached to an aromatic ring is 2. The summed E-state index contributed by atoms with van der Waals surface area (Å²) in [7, 11) is 0. The lowest BCUT2D eigenvalue weighted by Crippen LogP contribution is -2.11. The molecule has 0 heterocycles. The van der Waals surface area contributed by atoms with E-state index in [9.17, 15) is 4.79 Å². The fraction of sp³-hybridized carbons (Fsp3) is 0.533. The van der Waals surface area contributed by atoms with Crippen LogP contribution >= 0.6 is 0 Å². The highest BCUT2D eigenvalue weighted by Gasteiger charge is 2.13. The van der Waals surface area contributed by atoms with Crippen molar-refractivity contribution in [3.05, 3.63) is 23.3 Å². The van der Waals surface area contributed by atoms with E-state index >= 15 is 0 Å². The number of rotatable bonds is 7. The Hall–Kier alpha value is -1.71. The van der Waals surface area contributed by atoms with E-state index in [1.165, 1.54) is 19.3 Å². The van der Waals surface area contributed by atoms with Gasteiger partial charge in [0.25, 0.3) is 0 Å². The SMILES string of the molecule is CCCCCCCOC(=O)c1cc(C)cc(N)c1N. The van der Waals surface area contributed by atoms with Crippen molar-refractivity contribution in [1.82, 2.24) is 0 Å². The van der Waals surface area contributed by atoms with Gasteiger partial charge in [-0.25, -0.2) is 4.79 Å². The number of hydrogen-bond donors (Lipinski definition) is 2. The first-order chi connectivity index (χ1) is 9.06. The summed E-state index contributed by atoms with van der Waals surface area (Å²) in [5, 5.41) is 0. The molecule has 0 atom stereocenters. The molecule has 106 valence electrons. The van der Waals surface area contributed by atoms with E-state index in [0.717, 1.165) is 18.4 Å². The highest BCUT2D eigenvalue weighted by atomic mass is 16.5. The van der Waals surface area contributed by atoms with Crippen LogP contribution in [0.2, 0.25) is 0 Å². The van der Waals surface area contributed by atoms with Gasteiger partial charge in [-0.15, -0.1) is 0 Å². The number of esters is 1. The predicted molar refractivity (Wildman–Crippen MR) is 79.0 cm³/mol. The van der Waals surface area contributed by atoms with E-state index in [1.807, 2.05) is 6.92 Å². The molecule has 4 heteroatoms. The van der Waals surface area contributed by atoms with Crippen molar-refractivity contribution in [2.75, 3.05) is 18.1 Å². The monoisotopic (exact) mass is 264 g/mol. The maximum Gasteiger partial charge on any atom is 0.340 e. The zero-order valence-corrected chi connectivity index (χ0v) is 11.9. The molecular weight excluding hydrogens is 240 g/mol. The molecule has 0 aromatic heterocycles. The Morgan fingerprint density at radius 1 is 1.16 bits per heavy atom. The normalized spacial score (nSPS) is 10.4. The van der Waals surface area contributed by atoms with E-state index in [1.54, 1.807) is 12.1 Å².